The minimum Gasteiger partial charge on any atom is -0.494 e. The standard InChI is InChI=1S/C16H17FN2O2/c1-11(12-6-4-3-5-7-12)18-16(20)19-13-8-9-15(21-2)14(17)10-13/h3-11H,1-2H3,(H2,18,19,20). The van der Waals surface area contributed by atoms with Gasteiger partial charge in [0, 0.05) is 11.8 Å². The lowest BCUT2D eigenvalue weighted by atomic mass is 10.1. The molecule has 0 fully saturated rings. The van der Waals surface area contributed by atoms with E-state index in [2.05, 4.69) is 10.6 Å². The SMILES string of the molecule is COc1ccc(NC(=O)NC(C)c2ccccc2)cc1F. The Bertz CT molecular complexity index is 617. The van der Waals surface area contributed by atoms with E-state index in [1.54, 1.807) is 6.07 Å². The fourth-order valence-electron chi connectivity index (χ4n) is 1.93. The van der Waals surface area contributed by atoms with Gasteiger partial charge in [0.2, 0.25) is 0 Å². The van der Waals surface area contributed by atoms with E-state index in [9.17, 15) is 9.18 Å². The van der Waals surface area contributed by atoms with Gasteiger partial charge in [-0.25, -0.2) is 9.18 Å². The van der Waals surface area contributed by atoms with Crippen LogP contribution in [-0.2, 0) is 0 Å². The van der Waals surface area contributed by atoms with Gasteiger partial charge >= 0.3 is 6.03 Å². The molecule has 0 spiro atoms. The fraction of sp³-hybridized carbons (Fsp3) is 0.188. The van der Waals surface area contributed by atoms with Crippen molar-refractivity contribution in [3.63, 3.8) is 0 Å². The Kier molecular flexibility index (Phi) is 4.77. The number of nitrogens with one attached hydrogen (secondary N) is 2. The van der Waals surface area contributed by atoms with Crippen LogP contribution in [0, 0.1) is 5.82 Å². The summed E-state index contributed by atoms with van der Waals surface area (Å²) in [6, 6.07) is 13.3. The summed E-state index contributed by atoms with van der Waals surface area (Å²) in [5, 5.41) is 5.38. The average Bonchev–Trinajstić information content (AvgIpc) is 2.48. The van der Waals surface area contributed by atoms with Crippen LogP contribution in [0.1, 0.15) is 18.5 Å². The largest absolute Gasteiger partial charge is 0.494 e. The van der Waals surface area contributed by atoms with Crippen LogP contribution in [0.3, 0.4) is 0 Å². The molecule has 2 rings (SSSR count). The van der Waals surface area contributed by atoms with Crippen molar-refractivity contribution < 1.29 is 13.9 Å². The molecule has 2 aromatic carbocycles. The van der Waals surface area contributed by atoms with E-state index in [1.165, 1.54) is 19.2 Å². The van der Waals surface area contributed by atoms with Crippen LogP contribution in [0.2, 0.25) is 0 Å². The third kappa shape index (κ3) is 3.95. The van der Waals surface area contributed by atoms with Gasteiger partial charge in [0.05, 0.1) is 13.2 Å². The molecule has 2 amide bonds. The summed E-state index contributed by atoms with van der Waals surface area (Å²) in [6.45, 7) is 1.88. The molecule has 0 aromatic heterocycles. The summed E-state index contributed by atoms with van der Waals surface area (Å²) >= 11 is 0. The molecule has 0 aliphatic heterocycles. The topological polar surface area (TPSA) is 50.4 Å². The number of halogens is 1. The van der Waals surface area contributed by atoms with Gasteiger partial charge in [0.15, 0.2) is 11.6 Å². The lowest BCUT2D eigenvalue weighted by molar-refractivity contribution is 0.249. The third-order valence-electron chi connectivity index (χ3n) is 3.06. The first-order chi connectivity index (χ1) is 10.1. The third-order valence-corrected chi connectivity index (χ3v) is 3.06. The number of hydrogen-bond donors (Lipinski definition) is 2. The summed E-state index contributed by atoms with van der Waals surface area (Å²) in [7, 11) is 1.39. The number of urea groups is 1. The van der Waals surface area contributed by atoms with Gasteiger partial charge in [-0.2, -0.15) is 0 Å². The predicted molar refractivity (Wildman–Crippen MR) is 80.0 cm³/mol. The zero-order chi connectivity index (χ0) is 15.2. The van der Waals surface area contributed by atoms with E-state index in [-0.39, 0.29) is 11.8 Å². The Labute approximate surface area is 122 Å². The zero-order valence-corrected chi connectivity index (χ0v) is 11.9. The van der Waals surface area contributed by atoms with Crippen LogP contribution < -0.4 is 15.4 Å². The van der Waals surface area contributed by atoms with Gasteiger partial charge in [0.1, 0.15) is 0 Å². The summed E-state index contributed by atoms with van der Waals surface area (Å²) in [5.41, 5.74) is 1.36. The Hall–Kier alpha value is -2.56. The summed E-state index contributed by atoms with van der Waals surface area (Å²) in [5.74, 6) is -0.384. The molecular formula is C16H17FN2O2. The first-order valence-electron chi connectivity index (χ1n) is 6.56. The number of carbonyl (C=O) groups excluding carboxylic acids is 1. The molecule has 0 saturated carbocycles. The van der Waals surface area contributed by atoms with Gasteiger partial charge < -0.3 is 15.4 Å². The molecule has 0 bridgehead atoms. The predicted octanol–water partition coefficient (Wildman–Crippen LogP) is 3.72. The average molecular weight is 288 g/mol. The number of rotatable bonds is 4. The summed E-state index contributed by atoms with van der Waals surface area (Å²) in [6.07, 6.45) is 0. The van der Waals surface area contributed by atoms with Crippen molar-refractivity contribution in [2.45, 2.75) is 13.0 Å². The molecule has 2 aromatic rings. The Balaban J connectivity index is 1.97. The minimum atomic E-state index is -0.522. The van der Waals surface area contributed by atoms with Gasteiger partial charge in [-0.15, -0.1) is 0 Å². The number of ether oxygens (including phenoxy) is 1. The highest BCUT2D eigenvalue weighted by molar-refractivity contribution is 5.89. The van der Waals surface area contributed by atoms with Crippen molar-refractivity contribution in [3.05, 3.63) is 59.9 Å². The number of carbonyl (C=O) groups is 1. The molecule has 2 N–H and O–H groups in total. The van der Waals surface area contributed by atoms with Gasteiger partial charge in [-0.1, -0.05) is 30.3 Å². The van der Waals surface area contributed by atoms with Gasteiger partial charge in [0.25, 0.3) is 0 Å². The van der Waals surface area contributed by atoms with E-state index in [4.69, 9.17) is 4.74 Å². The lowest BCUT2D eigenvalue weighted by Crippen LogP contribution is -2.31. The van der Waals surface area contributed by atoms with Crippen LogP contribution in [0.25, 0.3) is 0 Å². The number of hydrogen-bond acceptors (Lipinski definition) is 2. The molecule has 5 heteroatoms. The van der Waals surface area contributed by atoms with Crippen molar-refractivity contribution in [2.24, 2.45) is 0 Å². The highest BCUT2D eigenvalue weighted by atomic mass is 19.1. The molecule has 0 aliphatic carbocycles. The van der Waals surface area contributed by atoms with Gasteiger partial charge in [-0.3, -0.25) is 0 Å². The van der Waals surface area contributed by atoms with E-state index in [0.717, 1.165) is 5.56 Å². The molecular weight excluding hydrogens is 271 g/mol. The number of methoxy groups -OCH3 is 1. The molecule has 0 saturated heterocycles. The fourth-order valence-corrected chi connectivity index (χ4v) is 1.93. The molecule has 0 aliphatic rings. The normalized spacial score (nSPS) is 11.6. The Morgan fingerprint density at radius 3 is 2.52 bits per heavy atom. The maximum atomic E-state index is 13.5. The Morgan fingerprint density at radius 1 is 1.19 bits per heavy atom. The minimum absolute atomic E-state index is 0.138. The highest BCUT2D eigenvalue weighted by Crippen LogP contribution is 2.20. The van der Waals surface area contributed by atoms with Crippen LogP contribution in [0.5, 0.6) is 5.75 Å². The van der Waals surface area contributed by atoms with Crippen LogP contribution >= 0.6 is 0 Å². The second kappa shape index (κ2) is 6.74. The van der Waals surface area contributed by atoms with E-state index < -0.39 is 11.8 Å². The molecule has 1 atom stereocenters. The van der Waals surface area contributed by atoms with Gasteiger partial charge in [-0.05, 0) is 24.6 Å². The van der Waals surface area contributed by atoms with E-state index in [0.29, 0.717) is 5.69 Å². The second-order valence-electron chi connectivity index (χ2n) is 4.58. The van der Waals surface area contributed by atoms with Crippen LogP contribution in [0.4, 0.5) is 14.9 Å². The van der Waals surface area contributed by atoms with Crippen LogP contribution in [-0.4, -0.2) is 13.1 Å². The van der Waals surface area contributed by atoms with Crippen molar-refractivity contribution in [1.29, 1.82) is 0 Å². The summed E-state index contributed by atoms with van der Waals surface area (Å²) < 4.78 is 18.4. The maximum absolute atomic E-state index is 13.5. The van der Waals surface area contributed by atoms with Crippen molar-refractivity contribution in [3.8, 4) is 5.75 Å². The van der Waals surface area contributed by atoms with Crippen molar-refractivity contribution in [2.75, 3.05) is 12.4 Å². The smallest absolute Gasteiger partial charge is 0.319 e. The second-order valence-corrected chi connectivity index (χ2v) is 4.58. The quantitative estimate of drug-likeness (QED) is 0.901. The highest BCUT2D eigenvalue weighted by Gasteiger charge is 2.10. The molecule has 4 nitrogen and oxygen atoms in total. The molecule has 1 unspecified atom stereocenters. The first kappa shape index (κ1) is 14.8. The van der Waals surface area contributed by atoms with Crippen molar-refractivity contribution >= 4 is 11.7 Å². The summed E-state index contributed by atoms with van der Waals surface area (Å²) in [4.78, 5) is 11.9. The monoisotopic (exact) mass is 288 g/mol. The molecule has 110 valence electrons. The molecule has 21 heavy (non-hydrogen) atoms. The molecule has 0 heterocycles. The Morgan fingerprint density at radius 2 is 1.90 bits per heavy atom. The number of amides is 2. The first-order valence-corrected chi connectivity index (χ1v) is 6.56. The number of anilines is 1. The van der Waals surface area contributed by atoms with E-state index in [1.807, 2.05) is 37.3 Å². The lowest BCUT2D eigenvalue weighted by Gasteiger charge is -2.15. The molecule has 0 radical (unpaired) electrons. The van der Waals surface area contributed by atoms with E-state index >= 15 is 0 Å². The van der Waals surface area contributed by atoms with Crippen molar-refractivity contribution in [1.82, 2.24) is 5.32 Å². The number of benzene rings is 2. The zero-order valence-electron chi connectivity index (χ0n) is 11.9. The maximum Gasteiger partial charge on any atom is 0.319 e. The van der Waals surface area contributed by atoms with Crippen LogP contribution in [0.15, 0.2) is 48.5 Å².